The van der Waals surface area contributed by atoms with Crippen LogP contribution in [0.5, 0.6) is 17.2 Å². The Morgan fingerprint density at radius 2 is 1.77 bits per heavy atom. The lowest BCUT2D eigenvalue weighted by Crippen LogP contribution is -2.53. The topological polar surface area (TPSA) is 34.2 Å². The Morgan fingerprint density at radius 3 is 2.53 bits per heavy atom. The van der Waals surface area contributed by atoms with Crippen molar-refractivity contribution in [2.75, 3.05) is 46.4 Å². The van der Waals surface area contributed by atoms with Gasteiger partial charge in [0.25, 0.3) is 0 Å². The van der Waals surface area contributed by atoms with Gasteiger partial charge in [-0.3, -0.25) is 9.80 Å². The zero-order valence-electron chi connectivity index (χ0n) is 17.7. The molecule has 0 atom stereocenters. The number of rotatable bonds is 9. The van der Waals surface area contributed by atoms with Gasteiger partial charge >= 0.3 is 0 Å². The maximum absolute atomic E-state index is 13.7. The molecule has 0 radical (unpaired) electrons. The second-order valence-electron chi connectivity index (χ2n) is 8.09. The summed E-state index contributed by atoms with van der Waals surface area (Å²) in [5.74, 6) is 1.75. The number of piperidine rings is 1. The second kappa shape index (κ2) is 10.1. The van der Waals surface area contributed by atoms with Crippen molar-refractivity contribution < 1.29 is 18.6 Å². The lowest BCUT2D eigenvalue weighted by molar-refractivity contribution is 0.0119. The summed E-state index contributed by atoms with van der Waals surface area (Å²) in [5, 5.41) is 0. The van der Waals surface area contributed by atoms with Crippen molar-refractivity contribution in [3.8, 4) is 17.2 Å². The van der Waals surface area contributed by atoms with E-state index in [-0.39, 0.29) is 11.9 Å². The van der Waals surface area contributed by atoms with Crippen molar-refractivity contribution in [3.05, 3.63) is 53.8 Å². The van der Waals surface area contributed by atoms with Crippen LogP contribution in [0.4, 0.5) is 4.39 Å². The molecule has 0 spiro atoms. The minimum absolute atomic E-state index is 0.0110. The molecule has 0 N–H and O–H groups in total. The van der Waals surface area contributed by atoms with Crippen LogP contribution in [0.1, 0.15) is 24.8 Å². The summed E-state index contributed by atoms with van der Waals surface area (Å²) in [5.41, 5.74) is 1.09. The van der Waals surface area contributed by atoms with Gasteiger partial charge in [-0.2, -0.15) is 0 Å². The highest BCUT2D eigenvalue weighted by molar-refractivity contribution is 5.40. The average Bonchev–Trinajstić information content (AvgIpc) is 2.74. The van der Waals surface area contributed by atoms with Crippen LogP contribution >= 0.6 is 0 Å². The Labute approximate surface area is 178 Å². The summed E-state index contributed by atoms with van der Waals surface area (Å²) >= 11 is 0. The van der Waals surface area contributed by atoms with E-state index in [1.807, 2.05) is 12.1 Å². The first-order chi connectivity index (χ1) is 14.7. The Bertz CT molecular complexity index is 820. The molecular formula is C24H31FN2O3. The predicted octanol–water partition coefficient (Wildman–Crippen LogP) is 3.96. The maximum atomic E-state index is 13.7. The van der Waals surface area contributed by atoms with Gasteiger partial charge in [0.15, 0.2) is 11.6 Å². The Balaban J connectivity index is 1.27. The van der Waals surface area contributed by atoms with Gasteiger partial charge in [-0.05, 0) is 56.3 Å². The largest absolute Gasteiger partial charge is 0.496 e. The summed E-state index contributed by atoms with van der Waals surface area (Å²) in [4.78, 5) is 4.74. The summed E-state index contributed by atoms with van der Waals surface area (Å²) in [6, 6.07) is 12.6. The smallest absolute Gasteiger partial charge is 0.165 e. The van der Waals surface area contributed by atoms with Crippen LogP contribution in [0.2, 0.25) is 0 Å². The van der Waals surface area contributed by atoms with E-state index in [4.69, 9.17) is 14.2 Å². The van der Waals surface area contributed by atoms with Gasteiger partial charge in [-0.25, -0.2) is 4.39 Å². The molecule has 0 bridgehead atoms. The van der Waals surface area contributed by atoms with E-state index in [1.54, 1.807) is 25.3 Å². The van der Waals surface area contributed by atoms with Crippen molar-refractivity contribution in [2.45, 2.75) is 31.9 Å². The van der Waals surface area contributed by atoms with Gasteiger partial charge in [-0.15, -0.1) is 0 Å². The summed E-state index contributed by atoms with van der Waals surface area (Å²) in [7, 11) is 1.69. The molecule has 0 amide bonds. The Hall–Kier alpha value is -2.31. The molecule has 0 aliphatic carbocycles. The van der Waals surface area contributed by atoms with E-state index in [2.05, 4.69) is 15.9 Å². The SMILES string of the molecule is COc1ccc(OCCN2CCCCC2)cc1CN1CC(Oc2ccccc2F)C1. The number of para-hydroxylation sites is 1. The van der Waals surface area contributed by atoms with Gasteiger partial charge in [0, 0.05) is 31.7 Å². The van der Waals surface area contributed by atoms with Crippen molar-refractivity contribution in [2.24, 2.45) is 0 Å². The summed E-state index contributed by atoms with van der Waals surface area (Å²) in [6.45, 7) is 6.32. The first kappa shape index (κ1) is 20.9. The molecule has 2 aliphatic rings. The highest BCUT2D eigenvalue weighted by Gasteiger charge is 2.29. The molecule has 4 rings (SSSR count). The first-order valence-electron chi connectivity index (χ1n) is 10.9. The van der Waals surface area contributed by atoms with Crippen LogP contribution in [0.15, 0.2) is 42.5 Å². The zero-order chi connectivity index (χ0) is 20.8. The fourth-order valence-electron chi connectivity index (χ4n) is 4.13. The van der Waals surface area contributed by atoms with Crippen molar-refractivity contribution in [3.63, 3.8) is 0 Å². The molecule has 6 heteroatoms. The highest BCUT2D eigenvalue weighted by atomic mass is 19.1. The number of benzene rings is 2. The van der Waals surface area contributed by atoms with Crippen molar-refractivity contribution in [1.29, 1.82) is 0 Å². The van der Waals surface area contributed by atoms with E-state index < -0.39 is 0 Å². The first-order valence-corrected chi connectivity index (χ1v) is 10.9. The van der Waals surface area contributed by atoms with Gasteiger partial charge in [-0.1, -0.05) is 18.6 Å². The van der Waals surface area contributed by atoms with Crippen molar-refractivity contribution >= 4 is 0 Å². The standard InChI is InChI=1S/C24H31FN2O3/c1-28-23-10-9-20(29-14-13-26-11-5-2-6-12-26)15-19(23)16-27-17-21(18-27)30-24-8-4-3-7-22(24)25/h3-4,7-10,15,21H,2,5-6,11-14,16-18H2,1H3. The van der Waals surface area contributed by atoms with Gasteiger partial charge in [0.2, 0.25) is 0 Å². The second-order valence-corrected chi connectivity index (χ2v) is 8.09. The van der Waals surface area contributed by atoms with Crippen LogP contribution in [0, 0.1) is 5.82 Å². The number of halogens is 1. The van der Waals surface area contributed by atoms with Crippen LogP contribution in [0.3, 0.4) is 0 Å². The monoisotopic (exact) mass is 414 g/mol. The molecule has 0 saturated carbocycles. The molecule has 2 fully saturated rings. The number of ether oxygens (including phenoxy) is 3. The van der Waals surface area contributed by atoms with E-state index >= 15 is 0 Å². The Kier molecular flexibility index (Phi) is 7.07. The molecule has 0 unspecified atom stereocenters. The number of likely N-dealkylation sites (tertiary alicyclic amines) is 2. The van der Waals surface area contributed by atoms with Crippen LogP contribution in [0.25, 0.3) is 0 Å². The van der Waals surface area contributed by atoms with Gasteiger partial charge < -0.3 is 14.2 Å². The fourth-order valence-corrected chi connectivity index (χ4v) is 4.13. The molecule has 2 aromatic carbocycles. The molecule has 2 aliphatic heterocycles. The molecule has 162 valence electrons. The quantitative estimate of drug-likeness (QED) is 0.620. The van der Waals surface area contributed by atoms with E-state index in [1.165, 1.54) is 38.4 Å². The minimum atomic E-state index is -0.313. The van der Waals surface area contributed by atoms with Gasteiger partial charge in [0.1, 0.15) is 24.2 Å². The molecule has 2 saturated heterocycles. The van der Waals surface area contributed by atoms with Crippen LogP contribution in [-0.2, 0) is 6.54 Å². The Morgan fingerprint density at radius 1 is 0.967 bits per heavy atom. The van der Waals surface area contributed by atoms with E-state index in [0.29, 0.717) is 12.4 Å². The number of hydrogen-bond donors (Lipinski definition) is 0. The van der Waals surface area contributed by atoms with Gasteiger partial charge in [0.05, 0.1) is 7.11 Å². The highest BCUT2D eigenvalue weighted by Crippen LogP contribution is 2.28. The minimum Gasteiger partial charge on any atom is -0.496 e. The molecule has 2 heterocycles. The number of hydrogen-bond acceptors (Lipinski definition) is 5. The third-order valence-electron chi connectivity index (χ3n) is 5.82. The summed E-state index contributed by atoms with van der Waals surface area (Å²) in [6.07, 6.45) is 3.95. The third-order valence-corrected chi connectivity index (χ3v) is 5.82. The van der Waals surface area contributed by atoms with E-state index in [9.17, 15) is 4.39 Å². The van der Waals surface area contributed by atoms with E-state index in [0.717, 1.165) is 43.2 Å². The molecule has 0 aromatic heterocycles. The predicted molar refractivity (Wildman–Crippen MR) is 115 cm³/mol. The normalized spacial score (nSPS) is 18.1. The zero-order valence-corrected chi connectivity index (χ0v) is 17.7. The van der Waals surface area contributed by atoms with Crippen LogP contribution in [-0.4, -0.2) is 62.3 Å². The molecule has 2 aromatic rings. The molecule has 5 nitrogen and oxygen atoms in total. The summed E-state index contributed by atoms with van der Waals surface area (Å²) < 4.78 is 31.1. The number of methoxy groups -OCH3 is 1. The lowest BCUT2D eigenvalue weighted by atomic mass is 10.1. The lowest BCUT2D eigenvalue weighted by Gasteiger charge is -2.39. The van der Waals surface area contributed by atoms with Crippen molar-refractivity contribution in [1.82, 2.24) is 9.80 Å². The molecule has 30 heavy (non-hydrogen) atoms. The van der Waals surface area contributed by atoms with Crippen LogP contribution < -0.4 is 14.2 Å². The average molecular weight is 415 g/mol. The maximum Gasteiger partial charge on any atom is 0.165 e. The number of nitrogens with zero attached hydrogens (tertiary/aromatic N) is 2. The third kappa shape index (κ3) is 5.43. The molecular weight excluding hydrogens is 383 g/mol. The fraction of sp³-hybridized carbons (Fsp3) is 0.500.